The summed E-state index contributed by atoms with van der Waals surface area (Å²) in [5.41, 5.74) is 2.00. The van der Waals surface area contributed by atoms with Crippen molar-refractivity contribution < 1.29 is 19.8 Å². The second-order valence-electron chi connectivity index (χ2n) is 6.60. The monoisotopic (exact) mass is 391 g/mol. The Balaban J connectivity index is 0.000000337. The maximum atomic E-state index is 11.6. The molecule has 2 aromatic carbocycles. The number of amides is 1. The molecule has 0 radical (unpaired) electrons. The molecule has 0 spiro atoms. The largest absolute Gasteiger partial charge is 0.478 e. The molecule has 0 aromatic heterocycles. The van der Waals surface area contributed by atoms with Crippen molar-refractivity contribution in [1.29, 1.82) is 0 Å². The molecule has 1 unspecified atom stereocenters. The highest BCUT2D eigenvalue weighted by Gasteiger charge is 2.11. The van der Waals surface area contributed by atoms with Crippen LogP contribution >= 0.6 is 11.6 Å². The molecule has 0 aliphatic carbocycles. The zero-order valence-corrected chi connectivity index (χ0v) is 16.5. The summed E-state index contributed by atoms with van der Waals surface area (Å²) in [4.78, 5) is 22.3. The third-order valence-electron chi connectivity index (χ3n) is 3.70. The van der Waals surface area contributed by atoms with Crippen LogP contribution in [0.1, 0.15) is 54.7 Å². The van der Waals surface area contributed by atoms with Gasteiger partial charge in [-0.3, -0.25) is 4.79 Å². The molecular formula is C21H26ClNO4. The molecule has 2 rings (SSSR count). The SMILES string of the molecule is CC(C)CC(=O)NC(C)c1ccc(C(=O)O)cc1.OCc1cccc(Cl)c1. The summed E-state index contributed by atoms with van der Waals surface area (Å²) in [6, 6.07) is 13.6. The van der Waals surface area contributed by atoms with E-state index in [0.717, 1.165) is 11.1 Å². The quantitative estimate of drug-likeness (QED) is 0.679. The minimum Gasteiger partial charge on any atom is -0.478 e. The first-order valence-corrected chi connectivity index (χ1v) is 9.08. The molecule has 0 heterocycles. The molecule has 0 aliphatic rings. The maximum Gasteiger partial charge on any atom is 0.335 e. The molecule has 1 amide bonds. The van der Waals surface area contributed by atoms with Crippen molar-refractivity contribution >= 4 is 23.5 Å². The second kappa shape index (κ2) is 11.4. The highest BCUT2D eigenvalue weighted by molar-refractivity contribution is 6.30. The Bertz CT molecular complexity index is 744. The highest BCUT2D eigenvalue weighted by atomic mass is 35.5. The fraction of sp³-hybridized carbons (Fsp3) is 0.333. The van der Waals surface area contributed by atoms with Crippen molar-refractivity contribution in [3.63, 3.8) is 0 Å². The Morgan fingerprint density at radius 1 is 1.07 bits per heavy atom. The van der Waals surface area contributed by atoms with Gasteiger partial charge in [0.25, 0.3) is 0 Å². The number of hydrogen-bond donors (Lipinski definition) is 3. The Morgan fingerprint density at radius 2 is 1.70 bits per heavy atom. The van der Waals surface area contributed by atoms with Gasteiger partial charge >= 0.3 is 5.97 Å². The number of carboxylic acid groups (broad SMARTS) is 1. The van der Waals surface area contributed by atoms with Gasteiger partial charge in [0.05, 0.1) is 18.2 Å². The van der Waals surface area contributed by atoms with Crippen LogP contribution in [-0.4, -0.2) is 22.1 Å². The number of halogens is 1. The zero-order chi connectivity index (χ0) is 20.4. The fourth-order valence-electron chi connectivity index (χ4n) is 2.30. The van der Waals surface area contributed by atoms with Gasteiger partial charge in [-0.25, -0.2) is 4.79 Å². The van der Waals surface area contributed by atoms with Crippen molar-refractivity contribution in [2.24, 2.45) is 5.92 Å². The predicted molar refractivity (Wildman–Crippen MR) is 107 cm³/mol. The number of nitrogens with one attached hydrogen (secondary N) is 1. The zero-order valence-electron chi connectivity index (χ0n) is 15.8. The van der Waals surface area contributed by atoms with Crippen LogP contribution in [0.25, 0.3) is 0 Å². The van der Waals surface area contributed by atoms with Crippen LogP contribution < -0.4 is 5.32 Å². The van der Waals surface area contributed by atoms with Crippen molar-refractivity contribution in [1.82, 2.24) is 5.32 Å². The standard InChI is InChI=1S/C14H19NO3.C7H7ClO/c1-9(2)8-13(16)15-10(3)11-4-6-12(7-5-11)14(17)18;8-7-3-1-2-6(4-7)5-9/h4-7,9-10H,8H2,1-3H3,(H,15,16)(H,17,18);1-4,9H,5H2. The maximum absolute atomic E-state index is 11.6. The normalized spacial score (nSPS) is 11.3. The van der Waals surface area contributed by atoms with Crippen LogP contribution in [0.5, 0.6) is 0 Å². The van der Waals surface area contributed by atoms with Gasteiger partial charge in [-0.05, 0) is 48.2 Å². The number of aromatic carboxylic acids is 1. The smallest absolute Gasteiger partial charge is 0.335 e. The van der Waals surface area contributed by atoms with Gasteiger partial charge in [-0.1, -0.05) is 49.7 Å². The van der Waals surface area contributed by atoms with Crippen LogP contribution in [0.3, 0.4) is 0 Å². The number of aliphatic hydroxyl groups is 1. The number of benzene rings is 2. The molecule has 27 heavy (non-hydrogen) atoms. The van der Waals surface area contributed by atoms with E-state index in [1.54, 1.807) is 36.4 Å². The first kappa shape index (κ1) is 22.7. The van der Waals surface area contributed by atoms with Gasteiger partial charge in [0.2, 0.25) is 5.91 Å². The summed E-state index contributed by atoms with van der Waals surface area (Å²) >= 11 is 5.61. The molecule has 6 heteroatoms. The summed E-state index contributed by atoms with van der Waals surface area (Å²) in [5, 5.41) is 21.0. The Labute approximate surface area is 165 Å². The summed E-state index contributed by atoms with van der Waals surface area (Å²) in [6.45, 7) is 5.92. The molecule has 1 atom stereocenters. The Kier molecular flexibility index (Phi) is 9.54. The van der Waals surface area contributed by atoms with Gasteiger partial charge in [-0.15, -0.1) is 0 Å². The van der Waals surface area contributed by atoms with Gasteiger partial charge in [0.1, 0.15) is 0 Å². The van der Waals surface area contributed by atoms with Crippen LogP contribution in [0.2, 0.25) is 5.02 Å². The van der Waals surface area contributed by atoms with Crippen molar-refractivity contribution in [2.45, 2.75) is 39.8 Å². The molecule has 2 aromatic rings. The topological polar surface area (TPSA) is 86.6 Å². The average molecular weight is 392 g/mol. The third-order valence-corrected chi connectivity index (χ3v) is 3.94. The average Bonchev–Trinajstić information content (AvgIpc) is 2.61. The van der Waals surface area contributed by atoms with E-state index in [2.05, 4.69) is 5.32 Å². The minimum atomic E-state index is -0.946. The summed E-state index contributed by atoms with van der Waals surface area (Å²) in [6.07, 6.45) is 0.498. The molecule has 0 aliphatic heterocycles. The van der Waals surface area contributed by atoms with Gasteiger partial charge in [-0.2, -0.15) is 0 Å². The van der Waals surface area contributed by atoms with Crippen molar-refractivity contribution in [2.75, 3.05) is 0 Å². The summed E-state index contributed by atoms with van der Waals surface area (Å²) in [5.74, 6) is -0.607. The van der Waals surface area contributed by atoms with Crippen LogP contribution in [0.15, 0.2) is 48.5 Å². The lowest BCUT2D eigenvalue weighted by molar-refractivity contribution is -0.122. The van der Waals surface area contributed by atoms with Gasteiger partial charge in [0, 0.05) is 11.4 Å². The first-order chi connectivity index (χ1) is 12.7. The summed E-state index contributed by atoms with van der Waals surface area (Å²) in [7, 11) is 0. The molecule has 0 saturated heterocycles. The van der Waals surface area contributed by atoms with Gasteiger partial charge in [0.15, 0.2) is 0 Å². The molecule has 0 saturated carbocycles. The van der Waals surface area contributed by atoms with E-state index in [4.69, 9.17) is 21.8 Å². The van der Waals surface area contributed by atoms with Crippen LogP contribution in [0.4, 0.5) is 0 Å². The first-order valence-electron chi connectivity index (χ1n) is 8.70. The van der Waals surface area contributed by atoms with Crippen molar-refractivity contribution in [3.05, 3.63) is 70.2 Å². The van der Waals surface area contributed by atoms with E-state index in [1.807, 2.05) is 32.9 Å². The van der Waals surface area contributed by atoms with Crippen LogP contribution in [-0.2, 0) is 11.4 Å². The molecule has 0 fully saturated rings. The highest BCUT2D eigenvalue weighted by Crippen LogP contribution is 2.14. The molecular weight excluding hydrogens is 366 g/mol. The Morgan fingerprint density at radius 3 is 2.15 bits per heavy atom. The van der Waals surface area contributed by atoms with Gasteiger partial charge < -0.3 is 15.5 Å². The van der Waals surface area contributed by atoms with E-state index >= 15 is 0 Å². The summed E-state index contributed by atoms with van der Waals surface area (Å²) < 4.78 is 0. The number of rotatable bonds is 6. The van der Waals surface area contributed by atoms with E-state index in [1.165, 1.54) is 0 Å². The predicted octanol–water partition coefficient (Wildman–Crippen LogP) is 4.44. The van der Waals surface area contributed by atoms with E-state index < -0.39 is 5.97 Å². The lowest BCUT2D eigenvalue weighted by atomic mass is 10.1. The number of hydrogen-bond acceptors (Lipinski definition) is 3. The lowest BCUT2D eigenvalue weighted by Gasteiger charge is -2.15. The molecule has 3 N–H and O–H groups in total. The number of carbonyl (C=O) groups is 2. The molecule has 146 valence electrons. The fourth-order valence-corrected chi connectivity index (χ4v) is 2.52. The second-order valence-corrected chi connectivity index (χ2v) is 7.04. The van der Waals surface area contributed by atoms with E-state index in [-0.39, 0.29) is 24.1 Å². The molecule has 5 nitrogen and oxygen atoms in total. The third kappa shape index (κ3) is 8.71. The minimum absolute atomic E-state index is 0.0137. The van der Waals surface area contributed by atoms with Crippen molar-refractivity contribution in [3.8, 4) is 0 Å². The Hall–Kier alpha value is -2.37. The lowest BCUT2D eigenvalue weighted by Crippen LogP contribution is -2.27. The number of carbonyl (C=O) groups excluding carboxylic acids is 1. The van der Waals surface area contributed by atoms with E-state index in [0.29, 0.717) is 17.4 Å². The number of carboxylic acids is 1. The van der Waals surface area contributed by atoms with E-state index in [9.17, 15) is 9.59 Å². The molecule has 0 bridgehead atoms. The number of aliphatic hydroxyl groups excluding tert-OH is 1. The van der Waals surface area contributed by atoms with Crippen LogP contribution in [0, 0.1) is 5.92 Å².